The molecule has 36 heavy (non-hydrogen) atoms. The van der Waals surface area contributed by atoms with Crippen LogP contribution in [0.5, 0.6) is 0 Å². The Kier molecular flexibility index (Phi) is 8.46. The fourth-order valence-electron chi connectivity index (χ4n) is 5.07. The summed E-state index contributed by atoms with van der Waals surface area (Å²) in [5, 5.41) is 0. The SMILES string of the molecule is C1CCOC1.O=c1[nH]c(C2CCC(c3ccccc3)CC2)c(Cc2cccc(C(F)(F)F)c2)c(=O)[nH]1. The van der Waals surface area contributed by atoms with Gasteiger partial charge in [-0.2, -0.15) is 13.2 Å². The lowest BCUT2D eigenvalue weighted by Crippen LogP contribution is -2.30. The summed E-state index contributed by atoms with van der Waals surface area (Å²) in [7, 11) is 0. The maximum atomic E-state index is 13.1. The molecule has 1 saturated carbocycles. The molecule has 1 saturated heterocycles. The molecule has 0 atom stereocenters. The van der Waals surface area contributed by atoms with Crippen LogP contribution in [-0.4, -0.2) is 23.2 Å². The first kappa shape index (κ1) is 25.9. The van der Waals surface area contributed by atoms with Crippen LogP contribution in [0.4, 0.5) is 13.2 Å². The Balaban J connectivity index is 0.000000543. The molecule has 1 aliphatic carbocycles. The number of halogens is 3. The van der Waals surface area contributed by atoms with Gasteiger partial charge in [0.05, 0.1) is 5.56 Å². The fourth-order valence-corrected chi connectivity index (χ4v) is 5.07. The lowest BCUT2D eigenvalue weighted by atomic mass is 9.76. The van der Waals surface area contributed by atoms with Crippen LogP contribution in [0.15, 0.2) is 64.2 Å². The van der Waals surface area contributed by atoms with Crippen LogP contribution in [0.1, 0.15) is 78.3 Å². The molecule has 0 radical (unpaired) electrons. The number of hydrogen-bond acceptors (Lipinski definition) is 3. The third-order valence-corrected chi connectivity index (χ3v) is 6.94. The lowest BCUT2D eigenvalue weighted by Gasteiger charge is -2.29. The monoisotopic (exact) mass is 500 g/mol. The summed E-state index contributed by atoms with van der Waals surface area (Å²) >= 11 is 0. The van der Waals surface area contributed by atoms with Crippen molar-refractivity contribution < 1.29 is 17.9 Å². The molecule has 2 aliphatic rings. The number of hydrogen-bond donors (Lipinski definition) is 2. The van der Waals surface area contributed by atoms with Gasteiger partial charge in [-0.05, 0) is 67.6 Å². The van der Waals surface area contributed by atoms with Gasteiger partial charge in [-0.1, -0.05) is 48.5 Å². The Morgan fingerprint density at radius 2 is 1.50 bits per heavy atom. The van der Waals surface area contributed by atoms with Gasteiger partial charge in [0.1, 0.15) is 0 Å². The third-order valence-electron chi connectivity index (χ3n) is 6.94. The summed E-state index contributed by atoms with van der Waals surface area (Å²) in [4.78, 5) is 29.5. The number of rotatable bonds is 4. The Morgan fingerprint density at radius 1 is 0.833 bits per heavy atom. The average Bonchev–Trinajstić information content (AvgIpc) is 3.46. The highest BCUT2D eigenvalue weighted by atomic mass is 19.4. The van der Waals surface area contributed by atoms with Gasteiger partial charge in [0.15, 0.2) is 0 Å². The highest BCUT2D eigenvalue weighted by Gasteiger charge is 2.31. The molecule has 8 heteroatoms. The van der Waals surface area contributed by atoms with Crippen molar-refractivity contribution in [3.63, 3.8) is 0 Å². The predicted octanol–water partition coefficient (Wildman–Crippen LogP) is 5.91. The summed E-state index contributed by atoms with van der Waals surface area (Å²) in [6.45, 7) is 2.00. The van der Waals surface area contributed by atoms with Gasteiger partial charge < -0.3 is 9.72 Å². The number of benzene rings is 2. The molecular weight excluding hydrogens is 469 g/mol. The van der Waals surface area contributed by atoms with Gasteiger partial charge in [-0.25, -0.2) is 4.79 Å². The number of nitrogens with one attached hydrogen (secondary N) is 2. The minimum Gasteiger partial charge on any atom is -0.381 e. The normalized spacial score (nSPS) is 20.0. The first-order valence-electron chi connectivity index (χ1n) is 12.5. The van der Waals surface area contributed by atoms with E-state index in [0.717, 1.165) is 51.0 Å². The first-order chi connectivity index (χ1) is 17.3. The third kappa shape index (κ3) is 6.75. The van der Waals surface area contributed by atoms with Crippen molar-refractivity contribution >= 4 is 0 Å². The van der Waals surface area contributed by atoms with E-state index in [1.807, 2.05) is 18.2 Å². The Morgan fingerprint density at radius 3 is 2.11 bits per heavy atom. The molecule has 1 aliphatic heterocycles. The first-order valence-corrected chi connectivity index (χ1v) is 12.5. The van der Waals surface area contributed by atoms with E-state index in [1.165, 1.54) is 24.5 Å². The van der Waals surface area contributed by atoms with E-state index in [0.29, 0.717) is 22.7 Å². The van der Waals surface area contributed by atoms with E-state index >= 15 is 0 Å². The molecule has 0 spiro atoms. The predicted molar refractivity (Wildman–Crippen MR) is 132 cm³/mol. The summed E-state index contributed by atoms with van der Waals surface area (Å²) in [5.74, 6) is 0.425. The van der Waals surface area contributed by atoms with Gasteiger partial charge in [0.25, 0.3) is 5.56 Å². The van der Waals surface area contributed by atoms with E-state index in [9.17, 15) is 22.8 Å². The highest BCUT2D eigenvalue weighted by Crippen LogP contribution is 2.40. The van der Waals surface area contributed by atoms with Crippen molar-refractivity contribution in [2.45, 2.75) is 63.0 Å². The summed E-state index contributed by atoms with van der Waals surface area (Å²) < 4.78 is 44.2. The quantitative estimate of drug-likeness (QED) is 0.468. The van der Waals surface area contributed by atoms with Crippen LogP contribution in [0.25, 0.3) is 0 Å². The lowest BCUT2D eigenvalue weighted by molar-refractivity contribution is -0.137. The molecule has 192 valence electrons. The molecule has 2 heterocycles. The van der Waals surface area contributed by atoms with Crippen molar-refractivity contribution in [1.82, 2.24) is 9.97 Å². The van der Waals surface area contributed by atoms with Gasteiger partial charge in [0.2, 0.25) is 0 Å². The smallest absolute Gasteiger partial charge is 0.381 e. The molecule has 5 nitrogen and oxygen atoms in total. The van der Waals surface area contributed by atoms with Crippen LogP contribution >= 0.6 is 0 Å². The average molecular weight is 501 g/mol. The fraction of sp³-hybridized carbons (Fsp3) is 0.429. The standard InChI is InChI=1S/C24H23F3N2O2.C4H8O/c25-24(26,27)19-8-4-5-15(13-19)14-20-21(28-23(31)29-22(20)30)18-11-9-17(10-12-18)16-6-2-1-3-7-16;1-2-4-5-3-1/h1-8,13,17-18H,9-12,14H2,(H2,28,29,30,31);1-4H2. The second kappa shape index (κ2) is 11.7. The van der Waals surface area contributed by atoms with Gasteiger partial charge >= 0.3 is 11.9 Å². The van der Waals surface area contributed by atoms with Gasteiger partial charge in [0, 0.05) is 30.9 Å². The van der Waals surface area contributed by atoms with Crippen molar-refractivity contribution in [2.24, 2.45) is 0 Å². The second-order valence-corrected chi connectivity index (χ2v) is 9.45. The minimum atomic E-state index is -4.45. The molecule has 5 rings (SSSR count). The van der Waals surface area contributed by atoms with E-state index < -0.39 is 23.0 Å². The van der Waals surface area contributed by atoms with Crippen LogP contribution in [0.3, 0.4) is 0 Å². The van der Waals surface area contributed by atoms with Crippen LogP contribution in [-0.2, 0) is 17.3 Å². The van der Waals surface area contributed by atoms with Gasteiger partial charge in [-0.3, -0.25) is 9.78 Å². The zero-order valence-electron chi connectivity index (χ0n) is 20.1. The van der Waals surface area contributed by atoms with Crippen LogP contribution in [0, 0.1) is 0 Å². The number of aromatic nitrogens is 2. The van der Waals surface area contributed by atoms with E-state index in [2.05, 4.69) is 22.1 Å². The maximum absolute atomic E-state index is 13.1. The number of alkyl halides is 3. The van der Waals surface area contributed by atoms with E-state index in [-0.39, 0.29) is 12.3 Å². The molecule has 0 unspecified atom stereocenters. The zero-order chi connectivity index (χ0) is 25.5. The maximum Gasteiger partial charge on any atom is 0.416 e. The van der Waals surface area contributed by atoms with E-state index in [4.69, 9.17) is 4.74 Å². The van der Waals surface area contributed by atoms with Crippen molar-refractivity contribution in [2.75, 3.05) is 13.2 Å². The van der Waals surface area contributed by atoms with Crippen molar-refractivity contribution in [3.8, 4) is 0 Å². The highest BCUT2D eigenvalue weighted by molar-refractivity contribution is 5.33. The summed E-state index contributed by atoms with van der Waals surface area (Å²) in [6, 6.07) is 15.2. The van der Waals surface area contributed by atoms with Crippen LogP contribution in [0.2, 0.25) is 0 Å². The van der Waals surface area contributed by atoms with Crippen molar-refractivity contribution in [3.05, 3.63) is 103 Å². The molecule has 2 fully saturated rings. The zero-order valence-corrected chi connectivity index (χ0v) is 20.1. The molecule has 2 N–H and O–H groups in total. The van der Waals surface area contributed by atoms with Crippen LogP contribution < -0.4 is 11.2 Å². The van der Waals surface area contributed by atoms with Gasteiger partial charge in [-0.15, -0.1) is 0 Å². The summed E-state index contributed by atoms with van der Waals surface area (Å²) in [5.41, 5.74) is 0.672. The Hall–Kier alpha value is -3.13. The summed E-state index contributed by atoms with van der Waals surface area (Å²) in [6.07, 6.45) is 1.58. The number of ether oxygens (including phenoxy) is 1. The number of H-pyrrole nitrogens is 2. The molecule has 3 aromatic rings. The van der Waals surface area contributed by atoms with Crippen molar-refractivity contribution in [1.29, 1.82) is 0 Å². The molecule has 2 aromatic carbocycles. The molecular formula is C28H31F3N2O3. The molecule has 0 bridgehead atoms. The minimum absolute atomic E-state index is 0.00392. The Labute approximate surface area is 207 Å². The molecule has 0 amide bonds. The Bertz CT molecular complexity index is 1230. The topological polar surface area (TPSA) is 75.0 Å². The number of aromatic amines is 2. The largest absolute Gasteiger partial charge is 0.416 e. The van der Waals surface area contributed by atoms with E-state index in [1.54, 1.807) is 6.07 Å². The molecule has 1 aromatic heterocycles. The second-order valence-electron chi connectivity index (χ2n) is 9.45.